The van der Waals surface area contributed by atoms with Crippen LogP contribution in [0.5, 0.6) is 5.75 Å². The first-order valence-electron chi connectivity index (χ1n) is 9.41. The molecule has 8 nitrogen and oxygen atoms in total. The third kappa shape index (κ3) is 3.86. The average molecular weight is 426 g/mol. The summed E-state index contributed by atoms with van der Waals surface area (Å²) in [7, 11) is 1.59. The maximum atomic E-state index is 12.9. The van der Waals surface area contributed by atoms with Gasteiger partial charge in [-0.3, -0.25) is 19.2 Å². The zero-order valence-corrected chi connectivity index (χ0v) is 17.2. The molecule has 0 aliphatic carbocycles. The van der Waals surface area contributed by atoms with Gasteiger partial charge >= 0.3 is 0 Å². The molecule has 3 heterocycles. The van der Waals surface area contributed by atoms with Crippen LogP contribution in [0.1, 0.15) is 23.0 Å². The first-order chi connectivity index (χ1) is 14.4. The lowest BCUT2D eigenvalue weighted by molar-refractivity contribution is -0.121. The van der Waals surface area contributed by atoms with Crippen LogP contribution < -0.4 is 15.0 Å². The summed E-state index contributed by atoms with van der Waals surface area (Å²) in [5.41, 5.74) is 1.08. The van der Waals surface area contributed by atoms with Crippen LogP contribution in [-0.4, -0.2) is 45.8 Å². The molecule has 0 spiro atoms. The molecule has 0 unspecified atom stereocenters. The van der Waals surface area contributed by atoms with Gasteiger partial charge in [-0.15, -0.1) is 0 Å². The fourth-order valence-electron chi connectivity index (χ4n) is 3.30. The van der Waals surface area contributed by atoms with Gasteiger partial charge in [0.05, 0.1) is 11.6 Å². The highest BCUT2D eigenvalue weighted by Gasteiger charge is 2.37. The summed E-state index contributed by atoms with van der Waals surface area (Å²) in [5.74, 6) is -0.0138. The Morgan fingerprint density at radius 3 is 2.77 bits per heavy atom. The number of rotatable bonds is 4. The molecule has 30 heavy (non-hydrogen) atoms. The van der Waals surface area contributed by atoms with E-state index >= 15 is 0 Å². The van der Waals surface area contributed by atoms with Crippen LogP contribution in [-0.2, 0) is 11.3 Å². The molecule has 9 heteroatoms. The molecule has 1 N–H and O–H groups in total. The number of fused-ring (bicyclic) bond motifs is 1. The number of benzene rings is 1. The first-order valence-corrected chi connectivity index (χ1v) is 9.79. The van der Waals surface area contributed by atoms with E-state index in [1.807, 2.05) is 30.3 Å². The predicted molar refractivity (Wildman–Crippen MR) is 112 cm³/mol. The molecule has 154 valence electrons. The van der Waals surface area contributed by atoms with E-state index in [1.54, 1.807) is 43.2 Å². The van der Waals surface area contributed by atoms with E-state index in [2.05, 4.69) is 15.4 Å². The molecule has 0 saturated carbocycles. The minimum absolute atomic E-state index is 0.0511. The summed E-state index contributed by atoms with van der Waals surface area (Å²) in [6.07, 6.45) is 2.55. The largest absolute Gasteiger partial charge is 0.484 e. The maximum Gasteiger partial charge on any atom is 0.274 e. The molecule has 1 aromatic carbocycles. The van der Waals surface area contributed by atoms with E-state index in [0.717, 1.165) is 5.56 Å². The molecule has 1 aliphatic heterocycles. The molecular weight excluding hydrogens is 406 g/mol. The predicted octanol–water partition coefficient (Wildman–Crippen LogP) is 2.52. The Kier molecular flexibility index (Phi) is 5.41. The third-order valence-corrected chi connectivity index (χ3v) is 5.13. The SMILES string of the molecule is C[C@H]1Oc2cccnc2N(C)C(=O)[C@H]1NC(=O)c1nn(Cc2ccccc2)cc1Cl. The lowest BCUT2D eigenvalue weighted by Gasteiger charge is -2.23. The van der Waals surface area contributed by atoms with E-state index in [9.17, 15) is 9.59 Å². The first kappa shape index (κ1) is 19.9. The number of amides is 2. The molecule has 4 rings (SSSR count). The van der Waals surface area contributed by atoms with Crippen LogP contribution in [0.15, 0.2) is 54.9 Å². The number of likely N-dealkylation sites (N-methyl/N-ethyl adjacent to an activating group) is 1. The molecular formula is C21H20ClN5O3. The van der Waals surface area contributed by atoms with Gasteiger partial charge in [-0.1, -0.05) is 41.9 Å². The number of hydrogen-bond acceptors (Lipinski definition) is 5. The van der Waals surface area contributed by atoms with Crippen molar-refractivity contribution in [3.63, 3.8) is 0 Å². The lowest BCUT2D eigenvalue weighted by atomic mass is 10.1. The summed E-state index contributed by atoms with van der Waals surface area (Å²) in [5, 5.41) is 7.22. The van der Waals surface area contributed by atoms with Crippen LogP contribution >= 0.6 is 11.6 Å². The van der Waals surface area contributed by atoms with Crippen molar-refractivity contribution in [3.05, 3.63) is 71.1 Å². The molecule has 0 bridgehead atoms. The highest BCUT2D eigenvalue weighted by molar-refractivity contribution is 6.33. The van der Waals surface area contributed by atoms with Crippen molar-refractivity contribution in [2.45, 2.75) is 25.6 Å². The van der Waals surface area contributed by atoms with E-state index in [0.29, 0.717) is 18.1 Å². The zero-order chi connectivity index (χ0) is 21.3. The number of carbonyl (C=O) groups is 2. The molecule has 2 amide bonds. The number of anilines is 1. The zero-order valence-electron chi connectivity index (χ0n) is 16.4. The van der Waals surface area contributed by atoms with E-state index in [-0.39, 0.29) is 16.6 Å². The molecule has 2 atom stereocenters. The number of hydrogen-bond donors (Lipinski definition) is 1. The molecule has 0 saturated heterocycles. The van der Waals surface area contributed by atoms with Gasteiger partial charge < -0.3 is 10.1 Å². The Morgan fingerprint density at radius 1 is 1.23 bits per heavy atom. The van der Waals surface area contributed by atoms with Crippen molar-refractivity contribution in [2.24, 2.45) is 0 Å². The van der Waals surface area contributed by atoms with Gasteiger partial charge in [-0.2, -0.15) is 5.10 Å². The van der Waals surface area contributed by atoms with E-state index in [1.165, 1.54) is 4.90 Å². The van der Waals surface area contributed by atoms with Gasteiger partial charge in [0, 0.05) is 19.4 Å². The smallest absolute Gasteiger partial charge is 0.274 e. The number of pyridine rings is 1. The quantitative estimate of drug-likeness (QED) is 0.693. The fraction of sp³-hybridized carbons (Fsp3) is 0.238. The topological polar surface area (TPSA) is 89.3 Å². The third-order valence-electron chi connectivity index (χ3n) is 4.85. The highest BCUT2D eigenvalue weighted by Crippen LogP contribution is 2.29. The van der Waals surface area contributed by atoms with Crippen LogP contribution in [0.25, 0.3) is 0 Å². The van der Waals surface area contributed by atoms with Crippen molar-refractivity contribution in [1.82, 2.24) is 20.1 Å². The number of nitrogens with zero attached hydrogens (tertiary/aromatic N) is 4. The van der Waals surface area contributed by atoms with Gasteiger partial charge in [0.25, 0.3) is 11.8 Å². The minimum atomic E-state index is -0.924. The van der Waals surface area contributed by atoms with Crippen molar-refractivity contribution < 1.29 is 14.3 Å². The Bertz CT molecular complexity index is 1090. The average Bonchev–Trinajstić information content (AvgIpc) is 3.08. The second-order valence-corrected chi connectivity index (χ2v) is 7.41. The van der Waals surface area contributed by atoms with E-state index < -0.39 is 18.1 Å². The Balaban J connectivity index is 1.53. The molecule has 0 radical (unpaired) electrons. The summed E-state index contributed by atoms with van der Waals surface area (Å²) in [6, 6.07) is 12.2. The monoisotopic (exact) mass is 425 g/mol. The number of aromatic nitrogens is 3. The van der Waals surface area contributed by atoms with Gasteiger partial charge in [-0.25, -0.2) is 4.98 Å². The molecule has 1 aliphatic rings. The highest BCUT2D eigenvalue weighted by atomic mass is 35.5. The lowest BCUT2D eigenvalue weighted by Crippen LogP contribution is -2.53. The van der Waals surface area contributed by atoms with Gasteiger partial charge in [0.1, 0.15) is 12.1 Å². The summed E-state index contributed by atoms with van der Waals surface area (Å²) in [4.78, 5) is 31.4. The molecule has 3 aromatic rings. The molecule has 2 aromatic heterocycles. The number of halogens is 1. The summed E-state index contributed by atoms with van der Waals surface area (Å²) in [6.45, 7) is 2.19. The Morgan fingerprint density at radius 2 is 2.00 bits per heavy atom. The maximum absolute atomic E-state index is 12.9. The Hall–Kier alpha value is -3.39. The fourth-order valence-corrected chi connectivity index (χ4v) is 3.54. The van der Waals surface area contributed by atoms with Crippen molar-refractivity contribution in [1.29, 1.82) is 0 Å². The Labute approximate surface area is 178 Å². The second kappa shape index (κ2) is 8.16. The van der Waals surface area contributed by atoms with Gasteiger partial charge in [-0.05, 0) is 24.6 Å². The van der Waals surface area contributed by atoms with Crippen molar-refractivity contribution in [2.75, 3.05) is 11.9 Å². The van der Waals surface area contributed by atoms with Crippen LogP contribution in [0.3, 0.4) is 0 Å². The van der Waals surface area contributed by atoms with Crippen LogP contribution in [0, 0.1) is 0 Å². The number of nitrogens with one attached hydrogen (secondary N) is 1. The molecule has 0 fully saturated rings. The number of carbonyl (C=O) groups excluding carboxylic acids is 2. The van der Waals surface area contributed by atoms with Crippen LogP contribution in [0.2, 0.25) is 5.02 Å². The van der Waals surface area contributed by atoms with Gasteiger partial charge in [0.2, 0.25) is 0 Å². The minimum Gasteiger partial charge on any atom is -0.484 e. The van der Waals surface area contributed by atoms with E-state index in [4.69, 9.17) is 16.3 Å². The standard InChI is InChI=1S/C21H20ClN5O3/c1-13-17(21(29)26(2)19-16(30-13)9-6-10-23-19)24-20(28)18-15(22)12-27(25-18)11-14-7-4-3-5-8-14/h3-10,12-13,17H,11H2,1-2H3,(H,24,28)/t13-,17+/m1/s1. The van der Waals surface area contributed by atoms with Crippen molar-refractivity contribution >= 4 is 29.2 Å². The van der Waals surface area contributed by atoms with Gasteiger partial charge in [0.15, 0.2) is 17.3 Å². The second-order valence-electron chi connectivity index (χ2n) is 7.01. The van der Waals surface area contributed by atoms with Crippen LogP contribution in [0.4, 0.5) is 5.82 Å². The van der Waals surface area contributed by atoms with Crippen molar-refractivity contribution in [3.8, 4) is 5.75 Å². The normalized spacial score (nSPS) is 18.4. The summed E-state index contributed by atoms with van der Waals surface area (Å²) >= 11 is 6.25. The summed E-state index contributed by atoms with van der Waals surface area (Å²) < 4.78 is 7.45. The number of ether oxygens (including phenoxy) is 1.